The Bertz CT molecular complexity index is 528. The van der Waals surface area contributed by atoms with Crippen LogP contribution in [0.5, 0.6) is 0 Å². The third-order valence-electron chi connectivity index (χ3n) is 3.29. The van der Waals surface area contributed by atoms with Gasteiger partial charge in [0.05, 0.1) is 0 Å². The number of hydrogen-bond acceptors (Lipinski definition) is 4. The van der Waals surface area contributed by atoms with Crippen molar-refractivity contribution < 1.29 is 8.42 Å². The molecule has 1 aliphatic heterocycles. The second-order valence-electron chi connectivity index (χ2n) is 4.58. The number of rotatable bonds is 3. The highest BCUT2D eigenvalue weighted by Crippen LogP contribution is 2.28. The highest BCUT2D eigenvalue weighted by atomic mass is 79.9. The zero-order valence-corrected chi connectivity index (χ0v) is 13.7. The van der Waals surface area contributed by atoms with Crippen molar-refractivity contribution in [1.82, 2.24) is 19.3 Å². The van der Waals surface area contributed by atoms with Crippen molar-refractivity contribution >= 4 is 37.6 Å². The fourth-order valence-electron chi connectivity index (χ4n) is 2.33. The number of aryl methyl sites for hydroxylation is 1. The lowest BCUT2D eigenvalue weighted by Gasteiger charge is -2.27. The molecule has 0 spiro atoms. The van der Waals surface area contributed by atoms with E-state index in [-0.39, 0.29) is 15.7 Å². The molecule has 0 amide bonds. The average molecular weight is 372 g/mol. The van der Waals surface area contributed by atoms with E-state index in [4.69, 9.17) is 11.6 Å². The van der Waals surface area contributed by atoms with Crippen molar-refractivity contribution in [2.75, 3.05) is 12.4 Å². The molecule has 1 aromatic heterocycles. The van der Waals surface area contributed by atoms with Crippen molar-refractivity contribution in [3.63, 3.8) is 0 Å². The van der Waals surface area contributed by atoms with Crippen molar-refractivity contribution in [2.24, 2.45) is 7.05 Å². The third-order valence-corrected chi connectivity index (χ3v) is 6.49. The van der Waals surface area contributed by atoms with Crippen molar-refractivity contribution in [1.29, 1.82) is 0 Å². The van der Waals surface area contributed by atoms with E-state index in [1.54, 1.807) is 7.05 Å². The molecule has 108 valence electrons. The summed E-state index contributed by atoms with van der Waals surface area (Å²) in [5.74, 6) is 0.308. The number of aromatic nitrogens is 3. The molecule has 0 aromatic carbocycles. The van der Waals surface area contributed by atoms with Crippen LogP contribution in [0.1, 0.15) is 25.7 Å². The Kier molecular flexibility index (Phi) is 4.86. The van der Waals surface area contributed by atoms with Crippen LogP contribution < -0.4 is 0 Å². The summed E-state index contributed by atoms with van der Waals surface area (Å²) in [4.78, 5) is 0. The Hall–Kier alpha value is -0.180. The van der Waals surface area contributed by atoms with Gasteiger partial charge in [0.1, 0.15) is 0 Å². The van der Waals surface area contributed by atoms with Gasteiger partial charge >= 0.3 is 0 Å². The van der Waals surface area contributed by atoms with Crippen LogP contribution in [0.15, 0.2) is 9.63 Å². The SMILES string of the molecule is Cn1nnc(Br)c1S(=O)(=O)N1CCCCCC1CCl. The van der Waals surface area contributed by atoms with E-state index < -0.39 is 10.0 Å². The quantitative estimate of drug-likeness (QED) is 0.759. The average Bonchev–Trinajstić information content (AvgIpc) is 2.59. The number of hydrogen-bond donors (Lipinski definition) is 0. The standard InChI is InChI=1S/C10H16BrClN4O2S/c1-15-10(9(11)13-14-15)19(17,18)16-6-4-2-3-5-8(16)7-12/h8H,2-7H2,1H3. The predicted octanol–water partition coefficient (Wildman–Crippen LogP) is 1.75. The molecule has 0 bridgehead atoms. The van der Waals surface area contributed by atoms with Gasteiger partial charge in [-0.15, -0.1) is 16.7 Å². The van der Waals surface area contributed by atoms with E-state index in [0.717, 1.165) is 25.7 Å². The first-order valence-corrected chi connectivity index (χ1v) is 8.88. The molecular formula is C10H16BrClN4O2S. The predicted molar refractivity (Wildman–Crippen MR) is 75.6 cm³/mol. The molecule has 1 saturated heterocycles. The van der Waals surface area contributed by atoms with Crippen LogP contribution in [-0.4, -0.2) is 46.2 Å². The van der Waals surface area contributed by atoms with Gasteiger partial charge in [0, 0.05) is 25.5 Å². The maximum absolute atomic E-state index is 12.7. The molecule has 19 heavy (non-hydrogen) atoms. The van der Waals surface area contributed by atoms with Gasteiger partial charge < -0.3 is 0 Å². The Balaban J connectivity index is 2.42. The van der Waals surface area contributed by atoms with Crippen LogP contribution in [0.25, 0.3) is 0 Å². The van der Waals surface area contributed by atoms with E-state index in [0.29, 0.717) is 12.4 Å². The molecule has 1 aromatic rings. The lowest BCUT2D eigenvalue weighted by Crippen LogP contribution is -2.41. The second-order valence-corrected chi connectivity index (χ2v) is 7.45. The summed E-state index contributed by atoms with van der Waals surface area (Å²) in [7, 11) is -2.06. The van der Waals surface area contributed by atoms with Crippen molar-refractivity contribution in [3.05, 3.63) is 4.60 Å². The maximum atomic E-state index is 12.7. The molecule has 0 saturated carbocycles. The van der Waals surface area contributed by atoms with Crippen LogP contribution >= 0.6 is 27.5 Å². The Morgan fingerprint density at radius 1 is 1.42 bits per heavy atom. The molecule has 1 unspecified atom stereocenters. The van der Waals surface area contributed by atoms with Gasteiger partial charge in [-0.1, -0.05) is 18.1 Å². The molecule has 2 heterocycles. The minimum atomic E-state index is -3.62. The fraction of sp³-hybridized carbons (Fsp3) is 0.800. The number of halogens is 2. The summed E-state index contributed by atoms with van der Waals surface area (Å²) in [6, 6.07) is -0.157. The first-order valence-electron chi connectivity index (χ1n) is 6.11. The summed E-state index contributed by atoms with van der Waals surface area (Å²) < 4.78 is 28.5. The van der Waals surface area contributed by atoms with Gasteiger partial charge in [-0.05, 0) is 28.8 Å². The summed E-state index contributed by atoms with van der Waals surface area (Å²) in [6.45, 7) is 0.497. The Morgan fingerprint density at radius 2 is 2.16 bits per heavy atom. The van der Waals surface area contributed by atoms with E-state index in [1.165, 1.54) is 8.99 Å². The Morgan fingerprint density at radius 3 is 2.74 bits per heavy atom. The van der Waals surface area contributed by atoms with E-state index in [2.05, 4.69) is 26.2 Å². The smallest absolute Gasteiger partial charge is 0.235 e. The first kappa shape index (κ1) is 15.2. The fourth-order valence-corrected chi connectivity index (χ4v) is 5.46. The highest BCUT2D eigenvalue weighted by molar-refractivity contribution is 9.10. The zero-order valence-electron chi connectivity index (χ0n) is 10.6. The monoisotopic (exact) mass is 370 g/mol. The van der Waals surface area contributed by atoms with Gasteiger partial charge in [0.15, 0.2) is 4.60 Å². The van der Waals surface area contributed by atoms with Crippen LogP contribution in [0.2, 0.25) is 0 Å². The van der Waals surface area contributed by atoms with Gasteiger partial charge in [-0.2, -0.15) is 4.31 Å². The van der Waals surface area contributed by atoms with Crippen LogP contribution in [0, 0.1) is 0 Å². The van der Waals surface area contributed by atoms with Crippen molar-refractivity contribution in [2.45, 2.75) is 36.8 Å². The molecule has 0 aliphatic carbocycles. The normalized spacial score (nSPS) is 22.4. The van der Waals surface area contributed by atoms with Crippen LogP contribution in [-0.2, 0) is 17.1 Å². The maximum Gasteiger partial charge on any atom is 0.263 e. The van der Waals surface area contributed by atoms with Crippen LogP contribution in [0.4, 0.5) is 0 Å². The largest absolute Gasteiger partial charge is 0.263 e. The zero-order chi connectivity index (χ0) is 14.0. The minimum absolute atomic E-state index is 0.0875. The summed E-state index contributed by atoms with van der Waals surface area (Å²) in [5.41, 5.74) is 0. The number of nitrogens with zero attached hydrogens (tertiary/aromatic N) is 4. The van der Waals surface area contributed by atoms with E-state index >= 15 is 0 Å². The highest BCUT2D eigenvalue weighted by Gasteiger charge is 2.36. The van der Waals surface area contributed by atoms with Gasteiger partial charge in [-0.25, -0.2) is 13.1 Å². The van der Waals surface area contributed by atoms with Crippen molar-refractivity contribution in [3.8, 4) is 0 Å². The summed E-state index contributed by atoms with van der Waals surface area (Å²) in [5, 5.41) is 7.56. The number of alkyl halides is 1. The second kappa shape index (κ2) is 6.07. The molecule has 0 radical (unpaired) electrons. The molecule has 1 atom stereocenters. The molecule has 6 nitrogen and oxygen atoms in total. The molecule has 9 heteroatoms. The van der Waals surface area contributed by atoms with Gasteiger partial charge in [0.2, 0.25) is 5.03 Å². The van der Waals surface area contributed by atoms with E-state index in [1.807, 2.05) is 0 Å². The molecule has 2 rings (SSSR count). The topological polar surface area (TPSA) is 68.1 Å². The molecule has 1 fully saturated rings. The number of sulfonamides is 1. The van der Waals surface area contributed by atoms with Gasteiger partial charge in [-0.3, -0.25) is 0 Å². The van der Waals surface area contributed by atoms with Gasteiger partial charge in [0.25, 0.3) is 10.0 Å². The lowest BCUT2D eigenvalue weighted by molar-refractivity contribution is 0.341. The van der Waals surface area contributed by atoms with E-state index in [9.17, 15) is 8.42 Å². The summed E-state index contributed by atoms with van der Waals surface area (Å²) in [6.07, 6.45) is 3.69. The molecular weight excluding hydrogens is 356 g/mol. The lowest BCUT2D eigenvalue weighted by atomic mass is 10.1. The minimum Gasteiger partial charge on any atom is -0.235 e. The molecule has 1 aliphatic rings. The third kappa shape index (κ3) is 2.96. The first-order chi connectivity index (χ1) is 8.98. The summed E-state index contributed by atoms with van der Waals surface area (Å²) >= 11 is 9.09. The molecule has 0 N–H and O–H groups in total. The Labute approximate surface area is 126 Å². The van der Waals surface area contributed by atoms with Crippen LogP contribution in [0.3, 0.4) is 0 Å².